The molecule has 2 rings (SSSR count). The summed E-state index contributed by atoms with van der Waals surface area (Å²) in [5.41, 5.74) is -1.26. The van der Waals surface area contributed by atoms with E-state index in [2.05, 4.69) is 0 Å². The maximum Gasteiger partial charge on any atom is 0.416 e. The van der Waals surface area contributed by atoms with E-state index >= 15 is 0 Å². The summed E-state index contributed by atoms with van der Waals surface area (Å²) in [6.07, 6.45) is -2.14. The highest BCUT2D eigenvalue weighted by Crippen LogP contribution is 2.31. The van der Waals surface area contributed by atoms with Crippen LogP contribution < -0.4 is 5.43 Å². The first-order valence-corrected chi connectivity index (χ1v) is 4.06. The molecule has 0 aromatic carbocycles. The Kier molecular flexibility index (Phi) is 2.03. The summed E-state index contributed by atoms with van der Waals surface area (Å²) < 4.78 is 41.7. The van der Waals surface area contributed by atoms with Gasteiger partial charge in [-0.2, -0.15) is 13.2 Å². The molecule has 0 radical (unpaired) electrons. The summed E-state index contributed by atoms with van der Waals surface area (Å²) in [6.45, 7) is 0. The molecule has 0 saturated carbocycles. The van der Waals surface area contributed by atoms with Crippen LogP contribution in [0.3, 0.4) is 0 Å². The van der Waals surface area contributed by atoms with Gasteiger partial charge in [-0.1, -0.05) is 0 Å². The summed E-state index contributed by atoms with van der Waals surface area (Å²) in [5.74, 6) is 0. The van der Waals surface area contributed by atoms with Crippen molar-refractivity contribution < 1.29 is 17.6 Å². The first-order chi connectivity index (χ1) is 6.98. The van der Waals surface area contributed by atoms with Gasteiger partial charge in [0.2, 0.25) is 0 Å². The van der Waals surface area contributed by atoms with Crippen molar-refractivity contribution in [3.05, 3.63) is 46.5 Å². The number of halogens is 3. The van der Waals surface area contributed by atoms with Crippen LogP contribution in [0.1, 0.15) is 5.56 Å². The Morgan fingerprint density at radius 3 is 2.60 bits per heavy atom. The first kappa shape index (κ1) is 9.76. The normalized spacial score (nSPS) is 11.9. The van der Waals surface area contributed by atoms with Gasteiger partial charge in [-0.05, 0) is 23.8 Å². The number of fused-ring (bicyclic) bond motifs is 1. The summed E-state index contributed by atoms with van der Waals surface area (Å²) in [7, 11) is 0. The lowest BCUT2D eigenvalue weighted by Crippen LogP contribution is -2.12. The fourth-order valence-electron chi connectivity index (χ4n) is 1.30. The summed E-state index contributed by atoms with van der Waals surface area (Å²) in [4.78, 5) is 11.3. The Hall–Kier alpha value is -1.78. The molecule has 2 nitrogen and oxygen atoms in total. The quantitative estimate of drug-likeness (QED) is 0.674. The van der Waals surface area contributed by atoms with Gasteiger partial charge in [0.05, 0.1) is 17.4 Å². The minimum atomic E-state index is -4.50. The number of alkyl halides is 3. The molecule has 0 N–H and O–H groups in total. The second-order valence-corrected chi connectivity index (χ2v) is 3.03. The van der Waals surface area contributed by atoms with Gasteiger partial charge < -0.3 is 4.42 Å². The topological polar surface area (TPSA) is 30.2 Å². The molecule has 0 saturated heterocycles. The van der Waals surface area contributed by atoms with Crippen molar-refractivity contribution in [1.82, 2.24) is 0 Å². The average Bonchev–Trinajstić information content (AvgIpc) is 2.16. The van der Waals surface area contributed by atoms with E-state index in [1.807, 2.05) is 0 Å². The van der Waals surface area contributed by atoms with Crippen molar-refractivity contribution in [3.8, 4) is 11.1 Å². The highest BCUT2D eigenvalue weighted by molar-refractivity contribution is 5.64. The van der Waals surface area contributed by atoms with Crippen LogP contribution in [0, 0.1) is 0 Å². The van der Waals surface area contributed by atoms with E-state index in [1.165, 1.54) is 12.3 Å². The molecule has 15 heavy (non-hydrogen) atoms. The molecular weight excluding hydrogens is 209 g/mol. The third-order valence-electron chi connectivity index (χ3n) is 2.01. The van der Waals surface area contributed by atoms with E-state index in [4.69, 9.17) is 4.42 Å². The van der Waals surface area contributed by atoms with E-state index in [0.717, 1.165) is 12.3 Å². The lowest BCUT2D eigenvalue weighted by molar-refractivity contribution is -0.137. The highest BCUT2D eigenvalue weighted by atomic mass is 19.4. The molecule has 1 aliphatic heterocycles. The molecule has 1 aliphatic carbocycles. The van der Waals surface area contributed by atoms with E-state index in [-0.39, 0.29) is 11.1 Å². The van der Waals surface area contributed by atoms with Gasteiger partial charge in [-0.25, -0.2) is 0 Å². The molecular formula is C10H5F3O2. The highest BCUT2D eigenvalue weighted by Gasteiger charge is 2.32. The Morgan fingerprint density at radius 2 is 1.93 bits per heavy atom. The third kappa shape index (κ3) is 1.72. The second-order valence-electron chi connectivity index (χ2n) is 3.03. The van der Waals surface area contributed by atoms with Crippen LogP contribution in [0.2, 0.25) is 0 Å². The van der Waals surface area contributed by atoms with Crippen LogP contribution in [0.25, 0.3) is 11.1 Å². The molecule has 0 spiro atoms. The molecule has 78 valence electrons. The van der Waals surface area contributed by atoms with Crippen LogP contribution >= 0.6 is 0 Å². The Morgan fingerprint density at radius 1 is 1.20 bits per heavy atom. The SMILES string of the molecule is O=c1cc(C(F)(F)F)cc2ccocc1-2. The third-order valence-corrected chi connectivity index (χ3v) is 2.01. The molecule has 5 heteroatoms. The largest absolute Gasteiger partial charge is 0.472 e. The zero-order valence-corrected chi connectivity index (χ0v) is 7.34. The molecule has 0 aromatic heterocycles. The van der Waals surface area contributed by atoms with Gasteiger partial charge in [0.1, 0.15) is 6.26 Å². The molecule has 0 aromatic rings. The summed E-state index contributed by atoms with van der Waals surface area (Å²) >= 11 is 0. The van der Waals surface area contributed by atoms with Gasteiger partial charge in [0, 0.05) is 0 Å². The lowest BCUT2D eigenvalue weighted by Gasteiger charge is -2.09. The van der Waals surface area contributed by atoms with Crippen LogP contribution in [0.15, 0.2) is 39.9 Å². The number of rotatable bonds is 0. The summed E-state index contributed by atoms with van der Waals surface area (Å²) in [5, 5.41) is 0. The molecule has 0 atom stereocenters. The van der Waals surface area contributed by atoms with E-state index < -0.39 is 17.2 Å². The smallest absolute Gasteiger partial charge is 0.416 e. The maximum absolute atomic E-state index is 12.3. The van der Waals surface area contributed by atoms with Crippen molar-refractivity contribution >= 4 is 0 Å². The number of hydrogen-bond acceptors (Lipinski definition) is 2. The van der Waals surface area contributed by atoms with Crippen molar-refractivity contribution in [2.75, 3.05) is 0 Å². The zero-order valence-electron chi connectivity index (χ0n) is 7.34. The Balaban J connectivity index is 2.75. The molecule has 0 fully saturated rings. The van der Waals surface area contributed by atoms with Crippen LogP contribution in [-0.4, -0.2) is 0 Å². The molecule has 1 heterocycles. The molecule has 2 aliphatic rings. The standard InChI is InChI=1S/C10H5F3O2/c11-10(12,13)7-3-6-1-2-15-5-8(6)9(14)4-7/h1-5H. The van der Waals surface area contributed by atoms with Crippen LogP contribution in [0.5, 0.6) is 0 Å². The Labute approximate surface area is 82.3 Å². The number of benzene rings is 1. The van der Waals surface area contributed by atoms with Gasteiger partial charge in [0.15, 0.2) is 5.43 Å². The predicted molar refractivity (Wildman–Crippen MR) is 46.6 cm³/mol. The van der Waals surface area contributed by atoms with Gasteiger partial charge >= 0.3 is 6.18 Å². The van der Waals surface area contributed by atoms with Crippen molar-refractivity contribution in [2.24, 2.45) is 0 Å². The van der Waals surface area contributed by atoms with Crippen molar-refractivity contribution in [1.29, 1.82) is 0 Å². The zero-order chi connectivity index (χ0) is 11.1. The van der Waals surface area contributed by atoms with E-state index in [1.54, 1.807) is 0 Å². The van der Waals surface area contributed by atoms with Crippen molar-refractivity contribution in [2.45, 2.75) is 6.18 Å². The molecule has 0 unspecified atom stereocenters. The van der Waals surface area contributed by atoms with Crippen LogP contribution in [0.4, 0.5) is 13.2 Å². The van der Waals surface area contributed by atoms with E-state index in [0.29, 0.717) is 6.07 Å². The van der Waals surface area contributed by atoms with Gasteiger partial charge in [-0.15, -0.1) is 0 Å². The maximum atomic E-state index is 12.3. The molecule has 0 bridgehead atoms. The summed E-state index contributed by atoms with van der Waals surface area (Å²) in [6, 6.07) is 2.82. The molecule has 0 amide bonds. The first-order valence-electron chi connectivity index (χ1n) is 4.06. The van der Waals surface area contributed by atoms with Gasteiger partial charge in [-0.3, -0.25) is 4.79 Å². The lowest BCUT2D eigenvalue weighted by atomic mass is 10.0. The van der Waals surface area contributed by atoms with Crippen molar-refractivity contribution in [3.63, 3.8) is 0 Å². The van der Waals surface area contributed by atoms with Gasteiger partial charge in [0.25, 0.3) is 0 Å². The second kappa shape index (κ2) is 3.12. The fourth-order valence-corrected chi connectivity index (χ4v) is 1.30. The monoisotopic (exact) mass is 214 g/mol. The fraction of sp³-hybridized carbons (Fsp3) is 0.100. The minimum Gasteiger partial charge on any atom is -0.472 e. The average molecular weight is 214 g/mol. The predicted octanol–water partition coefficient (Wildman–Crippen LogP) is 2.76. The van der Waals surface area contributed by atoms with Crippen LogP contribution in [-0.2, 0) is 6.18 Å². The van der Waals surface area contributed by atoms with E-state index in [9.17, 15) is 18.0 Å². The Bertz CT molecular complexity index is 513. The minimum absolute atomic E-state index is 0.144. The number of hydrogen-bond donors (Lipinski definition) is 0.